The van der Waals surface area contributed by atoms with Crippen LogP contribution in [-0.4, -0.2) is 42.5 Å². The van der Waals surface area contributed by atoms with E-state index >= 15 is 0 Å². The summed E-state index contributed by atoms with van der Waals surface area (Å²) in [5.74, 6) is -0.272. The second-order valence-electron chi connectivity index (χ2n) is 5.12. The molecule has 1 rings (SSSR count). The number of carbonyl (C=O) groups is 1. The SMILES string of the molecule is CNC(C)(CN1CCCCCC1C)C(N)=O. The summed E-state index contributed by atoms with van der Waals surface area (Å²) in [6.07, 6.45) is 5.04. The van der Waals surface area contributed by atoms with Gasteiger partial charge in [-0.3, -0.25) is 9.69 Å². The molecule has 0 radical (unpaired) electrons. The third-order valence-electron chi connectivity index (χ3n) is 3.81. The standard InChI is InChI=1S/C12H25N3O/c1-10-7-5-4-6-8-15(10)9-12(2,14-3)11(13)16/h10,14H,4-9H2,1-3H3,(H2,13,16). The molecule has 0 aromatic heterocycles. The van der Waals surface area contributed by atoms with Crippen LogP contribution in [0, 0.1) is 0 Å². The van der Waals surface area contributed by atoms with E-state index < -0.39 is 5.54 Å². The molecule has 0 aromatic rings. The Hall–Kier alpha value is -0.610. The number of rotatable bonds is 4. The molecular weight excluding hydrogens is 202 g/mol. The number of likely N-dealkylation sites (N-methyl/N-ethyl adjacent to an activating group) is 1. The molecule has 94 valence electrons. The highest BCUT2D eigenvalue weighted by molar-refractivity contribution is 5.84. The van der Waals surface area contributed by atoms with Gasteiger partial charge in [-0.1, -0.05) is 12.8 Å². The predicted molar refractivity (Wildman–Crippen MR) is 66.2 cm³/mol. The van der Waals surface area contributed by atoms with Crippen molar-refractivity contribution in [3.63, 3.8) is 0 Å². The van der Waals surface area contributed by atoms with Crippen molar-refractivity contribution < 1.29 is 4.79 Å². The predicted octanol–water partition coefficient (Wildman–Crippen LogP) is 0.714. The second kappa shape index (κ2) is 5.64. The van der Waals surface area contributed by atoms with Gasteiger partial charge in [0.15, 0.2) is 0 Å². The first-order chi connectivity index (χ1) is 7.49. The number of carbonyl (C=O) groups excluding carboxylic acids is 1. The monoisotopic (exact) mass is 227 g/mol. The van der Waals surface area contributed by atoms with Gasteiger partial charge in [-0.05, 0) is 40.3 Å². The van der Waals surface area contributed by atoms with Gasteiger partial charge < -0.3 is 11.1 Å². The summed E-state index contributed by atoms with van der Waals surface area (Å²) < 4.78 is 0. The van der Waals surface area contributed by atoms with Gasteiger partial charge in [0.25, 0.3) is 0 Å². The molecule has 1 aliphatic rings. The van der Waals surface area contributed by atoms with Crippen LogP contribution in [0.25, 0.3) is 0 Å². The van der Waals surface area contributed by atoms with Crippen LogP contribution in [0.15, 0.2) is 0 Å². The van der Waals surface area contributed by atoms with Gasteiger partial charge in [0.1, 0.15) is 5.54 Å². The Bertz CT molecular complexity index is 244. The lowest BCUT2D eigenvalue weighted by atomic mass is 10.00. The molecule has 16 heavy (non-hydrogen) atoms. The third kappa shape index (κ3) is 3.19. The van der Waals surface area contributed by atoms with E-state index in [4.69, 9.17) is 5.73 Å². The zero-order chi connectivity index (χ0) is 12.2. The minimum absolute atomic E-state index is 0.272. The van der Waals surface area contributed by atoms with Crippen molar-refractivity contribution in [1.29, 1.82) is 0 Å². The number of amides is 1. The van der Waals surface area contributed by atoms with E-state index in [2.05, 4.69) is 17.1 Å². The van der Waals surface area contributed by atoms with Gasteiger partial charge in [-0.25, -0.2) is 0 Å². The molecule has 1 saturated heterocycles. The highest BCUT2D eigenvalue weighted by atomic mass is 16.1. The van der Waals surface area contributed by atoms with Crippen molar-refractivity contribution >= 4 is 5.91 Å². The lowest BCUT2D eigenvalue weighted by Crippen LogP contribution is -2.59. The van der Waals surface area contributed by atoms with E-state index in [0.29, 0.717) is 12.6 Å². The second-order valence-corrected chi connectivity index (χ2v) is 5.12. The van der Waals surface area contributed by atoms with Crippen molar-refractivity contribution in [1.82, 2.24) is 10.2 Å². The molecule has 4 heteroatoms. The quantitative estimate of drug-likeness (QED) is 0.744. The number of hydrogen-bond donors (Lipinski definition) is 2. The average molecular weight is 227 g/mol. The topological polar surface area (TPSA) is 58.4 Å². The van der Waals surface area contributed by atoms with Crippen LogP contribution in [0.2, 0.25) is 0 Å². The van der Waals surface area contributed by atoms with Crippen molar-refractivity contribution in [3.05, 3.63) is 0 Å². The summed E-state index contributed by atoms with van der Waals surface area (Å²) >= 11 is 0. The van der Waals surface area contributed by atoms with E-state index in [1.807, 2.05) is 6.92 Å². The maximum Gasteiger partial charge on any atom is 0.238 e. The molecule has 0 saturated carbocycles. The zero-order valence-corrected chi connectivity index (χ0v) is 10.8. The summed E-state index contributed by atoms with van der Waals surface area (Å²) in [6, 6.07) is 0.550. The minimum Gasteiger partial charge on any atom is -0.368 e. The average Bonchev–Trinajstić information content (AvgIpc) is 2.44. The molecule has 0 bridgehead atoms. The van der Waals surface area contributed by atoms with Crippen molar-refractivity contribution in [3.8, 4) is 0 Å². The van der Waals surface area contributed by atoms with Crippen LogP contribution in [0.5, 0.6) is 0 Å². The molecule has 4 nitrogen and oxygen atoms in total. The fourth-order valence-electron chi connectivity index (χ4n) is 2.26. The molecule has 1 aliphatic heterocycles. The lowest BCUT2D eigenvalue weighted by molar-refractivity contribution is -0.124. The van der Waals surface area contributed by atoms with Gasteiger partial charge in [0, 0.05) is 12.6 Å². The summed E-state index contributed by atoms with van der Waals surface area (Å²) in [6.45, 7) is 5.90. The normalized spacial score (nSPS) is 27.1. The summed E-state index contributed by atoms with van der Waals surface area (Å²) in [4.78, 5) is 13.8. The number of nitrogens with zero attached hydrogens (tertiary/aromatic N) is 1. The first-order valence-corrected chi connectivity index (χ1v) is 6.22. The smallest absolute Gasteiger partial charge is 0.238 e. The Morgan fingerprint density at radius 2 is 2.19 bits per heavy atom. The Morgan fingerprint density at radius 1 is 1.50 bits per heavy atom. The van der Waals surface area contributed by atoms with E-state index in [9.17, 15) is 4.79 Å². The van der Waals surface area contributed by atoms with Gasteiger partial charge in [-0.15, -0.1) is 0 Å². The lowest BCUT2D eigenvalue weighted by Gasteiger charge is -2.35. The van der Waals surface area contributed by atoms with Gasteiger partial charge in [-0.2, -0.15) is 0 Å². The van der Waals surface area contributed by atoms with Crippen molar-refractivity contribution in [2.24, 2.45) is 5.73 Å². The summed E-state index contributed by atoms with van der Waals surface area (Å²) in [5.41, 5.74) is 4.84. The Balaban J connectivity index is 2.65. The maximum atomic E-state index is 11.5. The van der Waals surface area contributed by atoms with Crippen LogP contribution in [-0.2, 0) is 4.79 Å². The number of likely N-dealkylation sites (tertiary alicyclic amines) is 1. The fraction of sp³-hybridized carbons (Fsp3) is 0.917. The van der Waals surface area contributed by atoms with Crippen molar-refractivity contribution in [2.75, 3.05) is 20.1 Å². The van der Waals surface area contributed by atoms with Crippen LogP contribution in [0.4, 0.5) is 0 Å². The molecule has 1 amide bonds. The van der Waals surface area contributed by atoms with Gasteiger partial charge in [0.05, 0.1) is 0 Å². The van der Waals surface area contributed by atoms with Crippen LogP contribution >= 0.6 is 0 Å². The number of primary amides is 1. The fourth-order valence-corrected chi connectivity index (χ4v) is 2.26. The van der Waals surface area contributed by atoms with E-state index in [-0.39, 0.29) is 5.91 Å². The van der Waals surface area contributed by atoms with Crippen LogP contribution < -0.4 is 11.1 Å². The third-order valence-corrected chi connectivity index (χ3v) is 3.81. The Kier molecular flexibility index (Phi) is 4.74. The van der Waals surface area contributed by atoms with Gasteiger partial charge >= 0.3 is 0 Å². The van der Waals surface area contributed by atoms with Crippen LogP contribution in [0.1, 0.15) is 39.5 Å². The van der Waals surface area contributed by atoms with E-state index in [1.54, 1.807) is 7.05 Å². The highest BCUT2D eigenvalue weighted by Crippen LogP contribution is 2.18. The maximum absolute atomic E-state index is 11.5. The zero-order valence-electron chi connectivity index (χ0n) is 10.8. The van der Waals surface area contributed by atoms with Crippen LogP contribution in [0.3, 0.4) is 0 Å². The summed E-state index contributed by atoms with van der Waals surface area (Å²) in [5, 5.41) is 3.05. The van der Waals surface area contributed by atoms with E-state index in [0.717, 1.165) is 6.54 Å². The highest BCUT2D eigenvalue weighted by Gasteiger charge is 2.33. The largest absolute Gasteiger partial charge is 0.368 e. The first kappa shape index (κ1) is 13.5. The molecule has 0 spiro atoms. The van der Waals surface area contributed by atoms with Gasteiger partial charge in [0.2, 0.25) is 5.91 Å². The first-order valence-electron chi connectivity index (χ1n) is 6.22. The molecule has 1 heterocycles. The minimum atomic E-state index is -0.612. The Morgan fingerprint density at radius 3 is 2.75 bits per heavy atom. The molecule has 1 fully saturated rings. The molecule has 2 unspecified atom stereocenters. The summed E-state index contributed by atoms with van der Waals surface area (Å²) in [7, 11) is 1.80. The molecule has 3 N–H and O–H groups in total. The Labute approximate surface area is 98.6 Å². The molecule has 0 aromatic carbocycles. The molecule has 0 aliphatic carbocycles. The van der Waals surface area contributed by atoms with Crippen molar-refractivity contribution in [2.45, 2.75) is 51.1 Å². The molecule has 2 atom stereocenters. The number of nitrogens with one attached hydrogen (secondary N) is 1. The number of nitrogens with two attached hydrogens (primary N) is 1. The number of hydrogen-bond acceptors (Lipinski definition) is 3. The van der Waals surface area contributed by atoms with E-state index in [1.165, 1.54) is 25.7 Å². The molecular formula is C12H25N3O.